The van der Waals surface area contributed by atoms with E-state index in [9.17, 15) is 14.0 Å². The Morgan fingerprint density at radius 1 is 1.29 bits per heavy atom. The third-order valence-corrected chi connectivity index (χ3v) is 5.86. The Morgan fingerprint density at radius 2 is 2.06 bits per heavy atom. The first-order valence-electron chi connectivity index (χ1n) is 11.5. The number of fused-ring (bicyclic) bond motifs is 1. The molecule has 7 nitrogen and oxygen atoms in total. The van der Waals surface area contributed by atoms with Crippen molar-refractivity contribution in [2.75, 3.05) is 13.1 Å². The molecule has 182 valence electrons. The summed E-state index contributed by atoms with van der Waals surface area (Å²) in [7, 11) is 0. The van der Waals surface area contributed by atoms with Gasteiger partial charge < -0.3 is 19.4 Å². The second-order valence-electron chi connectivity index (χ2n) is 8.66. The normalized spacial score (nSPS) is 15.0. The van der Waals surface area contributed by atoms with Crippen molar-refractivity contribution in [2.45, 2.75) is 32.9 Å². The number of nitrogens with one attached hydrogen (secondary N) is 1. The minimum Gasteiger partial charge on any atom is -0.484 e. The molecule has 2 amide bonds. The third kappa shape index (κ3) is 5.42. The third-order valence-electron chi connectivity index (χ3n) is 5.86. The second-order valence-corrected chi connectivity index (χ2v) is 8.66. The van der Waals surface area contributed by atoms with E-state index in [4.69, 9.17) is 9.15 Å². The Hall–Kier alpha value is -3.94. The van der Waals surface area contributed by atoms with Crippen molar-refractivity contribution in [3.63, 3.8) is 0 Å². The molecule has 2 aromatic carbocycles. The molecule has 8 heteroatoms. The van der Waals surface area contributed by atoms with Crippen LogP contribution in [0.15, 0.2) is 65.8 Å². The highest BCUT2D eigenvalue weighted by Gasteiger charge is 2.33. The molecule has 0 bridgehead atoms. The predicted molar refractivity (Wildman–Crippen MR) is 128 cm³/mol. The fourth-order valence-corrected chi connectivity index (χ4v) is 4.14. The molecule has 0 saturated carbocycles. The summed E-state index contributed by atoms with van der Waals surface area (Å²) in [4.78, 5) is 31.1. The molecule has 0 saturated heterocycles. The lowest BCUT2D eigenvalue weighted by Gasteiger charge is -2.39. The molecule has 0 radical (unpaired) electrons. The van der Waals surface area contributed by atoms with Crippen molar-refractivity contribution >= 4 is 11.8 Å². The quantitative estimate of drug-likeness (QED) is 0.485. The zero-order valence-electron chi connectivity index (χ0n) is 19.8. The van der Waals surface area contributed by atoms with Gasteiger partial charge in [0.1, 0.15) is 17.8 Å². The van der Waals surface area contributed by atoms with Crippen LogP contribution in [0.25, 0.3) is 0 Å². The van der Waals surface area contributed by atoms with Gasteiger partial charge in [-0.15, -0.1) is 6.58 Å². The van der Waals surface area contributed by atoms with E-state index < -0.39 is 0 Å². The minimum absolute atomic E-state index is 0.0311. The number of oxazole rings is 1. The number of nitrogens with zero attached hydrogens (tertiary/aromatic N) is 2. The van der Waals surface area contributed by atoms with Crippen LogP contribution in [0, 0.1) is 11.7 Å². The van der Waals surface area contributed by atoms with E-state index in [1.807, 2.05) is 36.9 Å². The fraction of sp³-hybridized carbons (Fsp3) is 0.296. The molecule has 2 heterocycles. The Kier molecular flexibility index (Phi) is 7.29. The topological polar surface area (TPSA) is 84.7 Å². The highest BCUT2D eigenvalue weighted by molar-refractivity contribution is 5.91. The van der Waals surface area contributed by atoms with E-state index in [1.165, 1.54) is 18.4 Å². The van der Waals surface area contributed by atoms with Gasteiger partial charge in [-0.2, -0.15) is 0 Å². The van der Waals surface area contributed by atoms with Crippen LogP contribution in [0.3, 0.4) is 0 Å². The summed E-state index contributed by atoms with van der Waals surface area (Å²) >= 11 is 0. The summed E-state index contributed by atoms with van der Waals surface area (Å²) in [5, 5.41) is 2.64. The summed E-state index contributed by atoms with van der Waals surface area (Å²) in [6.07, 6.45) is 3.58. The van der Waals surface area contributed by atoms with Crippen LogP contribution >= 0.6 is 0 Å². The van der Waals surface area contributed by atoms with Crippen molar-refractivity contribution in [1.82, 2.24) is 15.2 Å². The lowest BCUT2D eigenvalue weighted by molar-refractivity contribution is -0.136. The monoisotopic (exact) mass is 477 g/mol. The number of benzene rings is 2. The smallest absolute Gasteiger partial charge is 0.273 e. The number of hydrogen-bond donors (Lipinski definition) is 1. The van der Waals surface area contributed by atoms with Crippen LogP contribution in [0.5, 0.6) is 5.75 Å². The first kappa shape index (κ1) is 24.2. The summed E-state index contributed by atoms with van der Waals surface area (Å²) in [5.41, 5.74) is 3.04. The number of ether oxygens (including phenoxy) is 1. The maximum absolute atomic E-state index is 13.6. The van der Waals surface area contributed by atoms with E-state index in [0.29, 0.717) is 25.3 Å². The maximum atomic E-state index is 13.6. The van der Waals surface area contributed by atoms with Gasteiger partial charge in [0.25, 0.3) is 5.91 Å². The first-order valence-corrected chi connectivity index (χ1v) is 11.5. The zero-order chi connectivity index (χ0) is 24.9. The molecule has 1 aromatic heterocycles. The van der Waals surface area contributed by atoms with E-state index in [0.717, 1.165) is 16.7 Å². The number of carbonyl (C=O) groups is 2. The Morgan fingerprint density at radius 3 is 2.77 bits per heavy atom. The molecule has 4 rings (SSSR count). The molecule has 1 N–H and O–H groups in total. The van der Waals surface area contributed by atoms with E-state index in [2.05, 4.69) is 16.9 Å². The van der Waals surface area contributed by atoms with Gasteiger partial charge >= 0.3 is 0 Å². The van der Waals surface area contributed by atoms with Crippen LogP contribution in [0.1, 0.15) is 53.0 Å². The molecule has 0 fully saturated rings. The van der Waals surface area contributed by atoms with Gasteiger partial charge in [-0.25, -0.2) is 9.37 Å². The van der Waals surface area contributed by atoms with E-state index in [1.54, 1.807) is 18.2 Å². The highest BCUT2D eigenvalue weighted by atomic mass is 19.1. The lowest BCUT2D eigenvalue weighted by atomic mass is 9.87. The van der Waals surface area contributed by atoms with Gasteiger partial charge in [0.15, 0.2) is 12.3 Å². The summed E-state index contributed by atoms with van der Waals surface area (Å²) in [6, 6.07) is 11.7. The van der Waals surface area contributed by atoms with E-state index in [-0.39, 0.29) is 47.8 Å². The number of halogens is 1. The first-order chi connectivity index (χ1) is 16.9. The van der Waals surface area contributed by atoms with Crippen molar-refractivity contribution in [1.29, 1.82) is 0 Å². The minimum atomic E-state index is -0.356. The number of carbonyl (C=O) groups excluding carboxylic acids is 2. The highest BCUT2D eigenvalue weighted by Crippen LogP contribution is 2.38. The summed E-state index contributed by atoms with van der Waals surface area (Å²) in [6.45, 7) is 8.26. The van der Waals surface area contributed by atoms with Crippen LogP contribution in [-0.4, -0.2) is 34.8 Å². The average Bonchev–Trinajstić information content (AvgIpc) is 3.34. The van der Waals surface area contributed by atoms with Crippen LogP contribution in [0.2, 0.25) is 0 Å². The Balaban J connectivity index is 1.58. The number of aromatic nitrogens is 1. The molecular weight excluding hydrogens is 449 g/mol. The van der Waals surface area contributed by atoms with Crippen LogP contribution in [-0.2, 0) is 17.8 Å². The fourth-order valence-electron chi connectivity index (χ4n) is 4.14. The van der Waals surface area contributed by atoms with Crippen molar-refractivity contribution in [3.05, 3.63) is 95.5 Å². The number of rotatable bonds is 8. The van der Waals surface area contributed by atoms with Gasteiger partial charge in [0, 0.05) is 19.0 Å². The van der Waals surface area contributed by atoms with Crippen LogP contribution < -0.4 is 10.1 Å². The molecule has 1 aliphatic heterocycles. The lowest BCUT2D eigenvalue weighted by Crippen LogP contribution is -2.42. The molecule has 3 aromatic rings. The van der Waals surface area contributed by atoms with Crippen molar-refractivity contribution in [2.24, 2.45) is 5.92 Å². The van der Waals surface area contributed by atoms with Gasteiger partial charge in [-0.1, -0.05) is 38.1 Å². The van der Waals surface area contributed by atoms with Gasteiger partial charge in [-0.05, 0) is 47.4 Å². The molecule has 0 aliphatic carbocycles. The van der Waals surface area contributed by atoms with Crippen LogP contribution in [0.4, 0.5) is 4.39 Å². The molecular formula is C27H28FN3O4. The van der Waals surface area contributed by atoms with Gasteiger partial charge in [0.05, 0.1) is 6.04 Å². The Labute approximate surface area is 203 Å². The maximum Gasteiger partial charge on any atom is 0.273 e. The Bertz CT molecular complexity index is 1220. The molecule has 0 unspecified atom stereocenters. The number of hydrogen-bond acceptors (Lipinski definition) is 5. The zero-order valence-corrected chi connectivity index (χ0v) is 19.8. The number of amides is 2. The SMILES string of the molecule is C=CCNC(=O)c1coc(COc2ccc3c(c2)[C@@H](c2ccc(F)cc2)N(C(=O)C(C)C)CC3)n1. The molecule has 1 aliphatic rings. The summed E-state index contributed by atoms with van der Waals surface area (Å²) in [5.74, 6) is 0.0294. The van der Waals surface area contributed by atoms with E-state index >= 15 is 0 Å². The molecule has 1 atom stereocenters. The van der Waals surface area contributed by atoms with Gasteiger partial charge in [0.2, 0.25) is 11.8 Å². The summed E-state index contributed by atoms with van der Waals surface area (Å²) < 4.78 is 24.9. The van der Waals surface area contributed by atoms with Gasteiger partial charge in [-0.3, -0.25) is 9.59 Å². The molecule has 0 spiro atoms. The standard InChI is InChI=1S/C27H28FN3O4/c1-4-12-29-26(32)23-15-35-24(30-23)16-34-21-10-7-18-11-13-31(27(33)17(2)3)25(22(18)14-21)19-5-8-20(28)9-6-19/h4-10,14-15,17,25H,1,11-13,16H2,2-3H3,(H,29,32)/t25-/m1/s1. The molecule has 35 heavy (non-hydrogen) atoms. The second kappa shape index (κ2) is 10.5. The predicted octanol–water partition coefficient (Wildman–Crippen LogP) is 4.44. The van der Waals surface area contributed by atoms with Crippen molar-refractivity contribution < 1.29 is 23.1 Å². The average molecular weight is 478 g/mol. The van der Waals surface area contributed by atoms with Crippen molar-refractivity contribution in [3.8, 4) is 5.75 Å². The largest absolute Gasteiger partial charge is 0.484 e.